The Morgan fingerprint density at radius 3 is 2.47 bits per heavy atom. The minimum absolute atomic E-state index is 0.164. The highest BCUT2D eigenvalue weighted by Crippen LogP contribution is 2.23. The lowest BCUT2D eigenvalue weighted by Gasteiger charge is -2.29. The molecule has 7 nitrogen and oxygen atoms in total. The van der Waals surface area contributed by atoms with Gasteiger partial charge in [0.05, 0.1) is 6.54 Å². The van der Waals surface area contributed by atoms with E-state index in [1.165, 1.54) is 9.71 Å². The van der Waals surface area contributed by atoms with Gasteiger partial charge in [-0.2, -0.15) is 4.31 Å². The number of nitrogens with zero attached hydrogens (tertiary/aromatic N) is 1. The van der Waals surface area contributed by atoms with Crippen molar-refractivity contribution in [2.24, 2.45) is 5.92 Å². The van der Waals surface area contributed by atoms with Crippen molar-refractivity contribution in [3.63, 3.8) is 0 Å². The zero-order chi connectivity index (χ0) is 23.1. The molecule has 0 atom stereocenters. The fourth-order valence-corrected chi connectivity index (χ4v) is 4.83. The van der Waals surface area contributed by atoms with Crippen LogP contribution in [-0.2, 0) is 19.6 Å². The Hall–Kier alpha value is -2.68. The molecule has 2 aromatic carbocycles. The fraction of sp³-hybridized carbons (Fsp3) is 0.304. The van der Waals surface area contributed by atoms with Gasteiger partial charge in [0.25, 0.3) is 0 Å². The van der Waals surface area contributed by atoms with Crippen LogP contribution in [0.2, 0.25) is 5.02 Å². The van der Waals surface area contributed by atoms with Gasteiger partial charge in [0.1, 0.15) is 0 Å². The Morgan fingerprint density at radius 1 is 1.09 bits per heavy atom. The largest absolute Gasteiger partial charge is 0.347 e. The first-order valence-electron chi connectivity index (χ1n) is 10.3. The van der Waals surface area contributed by atoms with Gasteiger partial charge in [-0.25, -0.2) is 8.42 Å². The lowest BCUT2D eigenvalue weighted by atomic mass is 9.97. The van der Waals surface area contributed by atoms with Gasteiger partial charge in [-0.15, -0.1) is 0 Å². The van der Waals surface area contributed by atoms with Crippen LogP contribution in [0.15, 0.2) is 53.9 Å². The van der Waals surface area contributed by atoms with Gasteiger partial charge in [-0.3, -0.25) is 9.59 Å². The summed E-state index contributed by atoms with van der Waals surface area (Å²) in [6, 6.07) is 14.4. The van der Waals surface area contributed by atoms with Crippen LogP contribution in [0.3, 0.4) is 0 Å². The van der Waals surface area contributed by atoms with E-state index in [4.69, 9.17) is 11.6 Å². The van der Waals surface area contributed by atoms with Crippen LogP contribution in [0.5, 0.6) is 0 Å². The van der Waals surface area contributed by atoms with Gasteiger partial charge < -0.3 is 10.6 Å². The highest BCUT2D eigenvalue weighted by atomic mass is 35.5. The average molecular weight is 476 g/mol. The Balaban J connectivity index is 1.46. The molecule has 9 heteroatoms. The van der Waals surface area contributed by atoms with Gasteiger partial charge >= 0.3 is 0 Å². The Labute approximate surface area is 193 Å². The molecule has 1 fully saturated rings. The number of sulfonamides is 1. The second kappa shape index (κ2) is 10.8. The number of benzene rings is 2. The first kappa shape index (κ1) is 24.0. The van der Waals surface area contributed by atoms with Crippen LogP contribution in [0.25, 0.3) is 6.08 Å². The summed E-state index contributed by atoms with van der Waals surface area (Å²) >= 11 is 6.05. The van der Waals surface area contributed by atoms with Crippen molar-refractivity contribution >= 4 is 45.2 Å². The summed E-state index contributed by atoms with van der Waals surface area (Å²) in [5.74, 6) is -0.935. The van der Waals surface area contributed by atoms with Gasteiger partial charge in [0, 0.05) is 35.1 Å². The number of rotatable bonds is 7. The van der Waals surface area contributed by atoms with Crippen molar-refractivity contribution in [3.05, 3.63) is 70.1 Å². The fourth-order valence-electron chi connectivity index (χ4n) is 3.44. The summed E-state index contributed by atoms with van der Waals surface area (Å²) in [6.45, 7) is 2.15. The summed E-state index contributed by atoms with van der Waals surface area (Å²) in [6.07, 6.45) is 2.37. The molecule has 1 heterocycles. The molecule has 0 saturated carbocycles. The molecule has 1 aliphatic rings. The van der Waals surface area contributed by atoms with Crippen LogP contribution in [-0.4, -0.2) is 44.2 Å². The number of carbonyl (C=O) groups excluding carboxylic acids is 2. The number of piperidine rings is 1. The topological polar surface area (TPSA) is 95.6 Å². The third-order valence-electron chi connectivity index (χ3n) is 5.38. The number of hydrogen-bond acceptors (Lipinski definition) is 4. The first-order chi connectivity index (χ1) is 15.3. The molecular formula is C23H26ClN3O4S. The molecule has 3 rings (SSSR count). The molecule has 0 bridgehead atoms. The summed E-state index contributed by atoms with van der Waals surface area (Å²) in [5, 5.41) is 7.12. The zero-order valence-electron chi connectivity index (χ0n) is 17.8. The van der Waals surface area contributed by atoms with Crippen LogP contribution >= 0.6 is 11.6 Å². The maximum Gasteiger partial charge on any atom is 0.243 e. The van der Waals surface area contributed by atoms with Crippen molar-refractivity contribution in [3.8, 4) is 0 Å². The van der Waals surface area contributed by atoms with Crippen LogP contribution < -0.4 is 10.6 Å². The normalized spacial score (nSPS) is 15.6. The molecule has 32 heavy (non-hydrogen) atoms. The molecule has 2 aromatic rings. The molecule has 0 spiro atoms. The van der Waals surface area contributed by atoms with E-state index < -0.39 is 10.0 Å². The lowest BCUT2D eigenvalue weighted by Crippen LogP contribution is -2.43. The predicted octanol–water partition coefficient (Wildman–Crippen LogP) is 3.42. The number of amides is 2. The average Bonchev–Trinajstić information content (AvgIpc) is 2.80. The van der Waals surface area contributed by atoms with Crippen molar-refractivity contribution < 1.29 is 18.0 Å². The second-order valence-corrected chi connectivity index (χ2v) is 9.84. The van der Waals surface area contributed by atoms with E-state index in [0.717, 1.165) is 11.1 Å². The molecule has 1 aliphatic heterocycles. The summed E-state index contributed by atoms with van der Waals surface area (Å²) in [7, 11) is -3.55. The molecule has 0 aromatic heterocycles. The molecule has 2 amide bonds. The van der Waals surface area contributed by atoms with E-state index in [-0.39, 0.29) is 37.4 Å². The smallest absolute Gasteiger partial charge is 0.243 e. The molecule has 0 unspecified atom stereocenters. The highest BCUT2D eigenvalue weighted by Gasteiger charge is 2.30. The third kappa shape index (κ3) is 6.41. The monoisotopic (exact) mass is 475 g/mol. The van der Waals surface area contributed by atoms with Crippen LogP contribution in [0.4, 0.5) is 5.69 Å². The molecular weight excluding hydrogens is 450 g/mol. The standard InChI is InChI=1S/C23H26ClN3O4S/c1-17-20(24)8-5-9-21(17)26-22(28)16-25-23(29)19-10-13-27(14-11-19)32(30,31)15-12-18-6-3-2-4-7-18/h2-9,12,15,19H,10-11,13-14,16H2,1H3,(H,25,29)(H,26,28). The number of hydrogen-bond donors (Lipinski definition) is 2. The Morgan fingerprint density at radius 2 is 1.78 bits per heavy atom. The van der Waals surface area contributed by atoms with Gasteiger partial charge in [0.15, 0.2) is 0 Å². The minimum atomic E-state index is -3.55. The maximum atomic E-state index is 12.6. The van der Waals surface area contributed by atoms with E-state index >= 15 is 0 Å². The SMILES string of the molecule is Cc1c(Cl)cccc1NC(=O)CNC(=O)C1CCN(S(=O)(=O)C=Cc2ccccc2)CC1. The zero-order valence-corrected chi connectivity index (χ0v) is 19.3. The summed E-state index contributed by atoms with van der Waals surface area (Å²) in [5.41, 5.74) is 2.15. The molecule has 170 valence electrons. The maximum absolute atomic E-state index is 12.6. The van der Waals surface area contributed by atoms with Crippen LogP contribution in [0, 0.1) is 12.8 Å². The van der Waals surface area contributed by atoms with E-state index in [0.29, 0.717) is 23.6 Å². The van der Waals surface area contributed by atoms with Crippen molar-refractivity contribution in [1.29, 1.82) is 0 Å². The number of halogens is 1. The minimum Gasteiger partial charge on any atom is -0.347 e. The molecule has 2 N–H and O–H groups in total. The lowest BCUT2D eigenvalue weighted by molar-refractivity contribution is -0.128. The second-order valence-electron chi connectivity index (χ2n) is 7.61. The van der Waals surface area contributed by atoms with E-state index in [1.807, 2.05) is 30.3 Å². The molecule has 0 radical (unpaired) electrons. The first-order valence-corrected chi connectivity index (χ1v) is 12.2. The Bertz CT molecular complexity index is 1100. The third-order valence-corrected chi connectivity index (χ3v) is 7.36. The van der Waals surface area contributed by atoms with Gasteiger partial charge in [-0.05, 0) is 49.1 Å². The van der Waals surface area contributed by atoms with Crippen LogP contribution in [0.1, 0.15) is 24.0 Å². The van der Waals surface area contributed by atoms with Gasteiger partial charge in [-0.1, -0.05) is 48.0 Å². The van der Waals surface area contributed by atoms with Crippen molar-refractivity contribution in [1.82, 2.24) is 9.62 Å². The summed E-state index contributed by atoms with van der Waals surface area (Å²) in [4.78, 5) is 24.6. The van der Waals surface area contributed by atoms with Gasteiger partial charge in [0.2, 0.25) is 21.8 Å². The molecule has 0 aliphatic carbocycles. The number of carbonyl (C=O) groups is 2. The van der Waals surface area contributed by atoms with Crippen molar-refractivity contribution in [2.75, 3.05) is 25.0 Å². The molecule has 1 saturated heterocycles. The number of anilines is 1. The van der Waals surface area contributed by atoms with E-state index in [9.17, 15) is 18.0 Å². The Kier molecular flexibility index (Phi) is 8.06. The van der Waals surface area contributed by atoms with Crippen molar-refractivity contribution in [2.45, 2.75) is 19.8 Å². The number of nitrogens with one attached hydrogen (secondary N) is 2. The predicted molar refractivity (Wildman–Crippen MR) is 127 cm³/mol. The summed E-state index contributed by atoms with van der Waals surface area (Å²) < 4.78 is 26.5. The van der Waals surface area contributed by atoms with E-state index in [2.05, 4.69) is 10.6 Å². The quantitative estimate of drug-likeness (QED) is 0.641. The van der Waals surface area contributed by atoms with E-state index in [1.54, 1.807) is 31.2 Å². The highest BCUT2D eigenvalue weighted by molar-refractivity contribution is 7.92.